The average Bonchev–Trinajstić information content (AvgIpc) is 2.97. The average molecular weight is 268 g/mol. The fourth-order valence-electron chi connectivity index (χ4n) is 5.16. The molecule has 3 saturated heterocycles. The Morgan fingerprint density at radius 2 is 1.42 bits per heavy atom. The maximum atomic E-state index is 13.2. The van der Waals surface area contributed by atoms with Gasteiger partial charge in [0, 0.05) is 45.8 Å². The molecule has 108 valence electrons. The third kappa shape index (κ3) is 2.31. The van der Waals surface area contributed by atoms with Gasteiger partial charge >= 0.3 is 0 Å². The van der Waals surface area contributed by atoms with E-state index in [0.717, 1.165) is 49.1 Å². The molecule has 0 spiro atoms. The normalized spacial score (nSPS) is 48.0. The summed E-state index contributed by atoms with van der Waals surface area (Å²) in [5.74, 6) is 9.62. The zero-order valence-corrected chi connectivity index (χ0v) is 11.5. The highest BCUT2D eigenvalue weighted by atomic mass is 19.2. The summed E-state index contributed by atoms with van der Waals surface area (Å²) in [5.41, 5.74) is 0. The second kappa shape index (κ2) is 4.65. The highest BCUT2D eigenvalue weighted by Crippen LogP contribution is 2.42. The minimum atomic E-state index is 0.588. The molecule has 0 bridgehead atoms. The fraction of sp³-hybridized carbons (Fsp3) is 1.00. The van der Waals surface area contributed by atoms with Crippen LogP contribution in [-0.2, 0) is 0 Å². The molecule has 2 N–H and O–H groups in total. The second-order valence-electron chi connectivity index (χ2n) is 7.38. The van der Waals surface area contributed by atoms with E-state index in [2.05, 4.69) is 4.90 Å². The van der Waals surface area contributed by atoms with Crippen LogP contribution in [0.3, 0.4) is 0 Å². The largest absolute Gasteiger partial charge is 0.302 e. The van der Waals surface area contributed by atoms with Crippen molar-refractivity contribution in [3.05, 3.63) is 0 Å². The van der Waals surface area contributed by atoms with Crippen LogP contribution in [-0.4, -0.2) is 60.8 Å². The first-order chi connectivity index (χ1) is 9.17. The van der Waals surface area contributed by atoms with Crippen LogP contribution in [0.1, 0.15) is 12.8 Å². The van der Waals surface area contributed by atoms with Gasteiger partial charge in [-0.3, -0.25) is 5.84 Å². The second-order valence-corrected chi connectivity index (χ2v) is 7.38. The van der Waals surface area contributed by atoms with Crippen LogP contribution in [0.25, 0.3) is 0 Å². The lowest BCUT2D eigenvalue weighted by Crippen LogP contribution is -2.32. The summed E-state index contributed by atoms with van der Waals surface area (Å²) in [7, 11) is 0. The topological polar surface area (TPSA) is 35.7 Å². The van der Waals surface area contributed by atoms with Crippen molar-refractivity contribution < 1.29 is 4.48 Å². The minimum absolute atomic E-state index is 0.588. The maximum Gasteiger partial charge on any atom is 0.0334 e. The Morgan fingerprint density at radius 3 is 2.00 bits per heavy atom. The van der Waals surface area contributed by atoms with Crippen molar-refractivity contribution in [1.29, 1.82) is 0 Å². The summed E-state index contributed by atoms with van der Waals surface area (Å²) in [4.78, 5) is 2.61. The van der Waals surface area contributed by atoms with E-state index in [0.29, 0.717) is 24.9 Å². The predicted molar refractivity (Wildman–Crippen MR) is 71.6 cm³/mol. The number of halogens is 1. The van der Waals surface area contributed by atoms with Crippen molar-refractivity contribution in [1.82, 2.24) is 15.0 Å². The highest BCUT2D eigenvalue weighted by Gasteiger charge is 2.43. The third-order valence-electron chi connectivity index (χ3n) is 5.91. The molecule has 4 rings (SSSR count). The first-order valence-corrected chi connectivity index (χ1v) is 7.80. The van der Waals surface area contributed by atoms with E-state index < -0.39 is 0 Å². The Kier molecular flexibility index (Phi) is 3.06. The Morgan fingerprint density at radius 1 is 0.842 bits per heavy atom. The summed E-state index contributed by atoms with van der Waals surface area (Å²) in [6.45, 7) is 7.03. The van der Waals surface area contributed by atoms with Crippen LogP contribution in [0.5, 0.6) is 0 Å². The number of fused-ring (bicyclic) bond motifs is 2. The van der Waals surface area contributed by atoms with Gasteiger partial charge in [-0.15, -0.1) is 9.60 Å². The predicted octanol–water partition coefficient (Wildman–Crippen LogP) is 0.566. The van der Waals surface area contributed by atoms with Crippen LogP contribution < -0.4 is 5.84 Å². The van der Waals surface area contributed by atoms with Crippen molar-refractivity contribution >= 4 is 0 Å². The molecule has 0 radical (unpaired) electrons. The molecule has 5 atom stereocenters. The van der Waals surface area contributed by atoms with Gasteiger partial charge in [0.25, 0.3) is 0 Å². The summed E-state index contributed by atoms with van der Waals surface area (Å²) in [5, 5.41) is 3.02. The SMILES string of the molecule is NN1C[C@H]2CC(CN3CC4CN(F)CC4C3)C[C@H]2C1. The van der Waals surface area contributed by atoms with Crippen molar-refractivity contribution in [3.63, 3.8) is 0 Å². The molecule has 0 amide bonds. The number of likely N-dealkylation sites (tertiary alicyclic amines) is 1. The molecule has 1 aliphatic carbocycles. The first kappa shape index (κ1) is 12.5. The molecular weight excluding hydrogens is 243 g/mol. The van der Waals surface area contributed by atoms with E-state index in [1.165, 1.54) is 19.4 Å². The molecule has 1 saturated carbocycles. The summed E-state index contributed by atoms with van der Waals surface area (Å²) >= 11 is 0. The van der Waals surface area contributed by atoms with Crippen molar-refractivity contribution in [2.45, 2.75) is 12.8 Å². The molecule has 19 heavy (non-hydrogen) atoms. The lowest BCUT2D eigenvalue weighted by atomic mass is 10.0. The molecule has 5 heteroatoms. The lowest BCUT2D eigenvalue weighted by Gasteiger charge is -2.23. The summed E-state index contributed by atoms with van der Waals surface area (Å²) < 4.78 is 13.2. The van der Waals surface area contributed by atoms with Gasteiger partial charge in [0.2, 0.25) is 0 Å². The standard InChI is InChI=1S/C14H25FN4/c15-18-6-13-4-17(5-14(13)7-18)3-10-1-11-8-19(16)9-12(11)2-10/h10-14H,1-9,16H2/t10?,11-,12+,13?,14?. The van der Waals surface area contributed by atoms with E-state index in [1.54, 1.807) is 0 Å². The number of hydrogen-bond acceptors (Lipinski definition) is 4. The molecule has 0 aromatic carbocycles. The molecule has 3 heterocycles. The Labute approximate surface area is 114 Å². The van der Waals surface area contributed by atoms with Crippen molar-refractivity contribution in [2.75, 3.05) is 45.8 Å². The van der Waals surface area contributed by atoms with E-state index in [9.17, 15) is 4.48 Å². The van der Waals surface area contributed by atoms with Gasteiger partial charge in [-0.2, -0.15) is 0 Å². The smallest absolute Gasteiger partial charge is 0.0334 e. The number of rotatable bonds is 2. The van der Waals surface area contributed by atoms with Gasteiger partial charge < -0.3 is 4.90 Å². The van der Waals surface area contributed by atoms with E-state index in [4.69, 9.17) is 5.84 Å². The number of nitrogens with two attached hydrogens (primary N) is 1. The molecule has 4 fully saturated rings. The molecule has 4 nitrogen and oxygen atoms in total. The van der Waals surface area contributed by atoms with Gasteiger partial charge in [0.1, 0.15) is 0 Å². The Hall–Kier alpha value is -0.230. The van der Waals surface area contributed by atoms with E-state index >= 15 is 0 Å². The molecule has 3 unspecified atom stereocenters. The van der Waals surface area contributed by atoms with Crippen LogP contribution >= 0.6 is 0 Å². The lowest BCUT2D eigenvalue weighted by molar-refractivity contribution is 0.0411. The molecule has 4 aliphatic rings. The number of hydrazine groups is 1. The minimum Gasteiger partial charge on any atom is -0.302 e. The van der Waals surface area contributed by atoms with Gasteiger partial charge in [0.05, 0.1) is 0 Å². The highest BCUT2D eigenvalue weighted by molar-refractivity contribution is 4.95. The van der Waals surface area contributed by atoms with Gasteiger partial charge in [-0.05, 0) is 42.4 Å². The van der Waals surface area contributed by atoms with Crippen LogP contribution in [0.15, 0.2) is 0 Å². The monoisotopic (exact) mass is 268 g/mol. The van der Waals surface area contributed by atoms with Crippen molar-refractivity contribution in [3.8, 4) is 0 Å². The fourth-order valence-corrected chi connectivity index (χ4v) is 5.16. The van der Waals surface area contributed by atoms with Gasteiger partial charge in [-0.25, -0.2) is 5.01 Å². The van der Waals surface area contributed by atoms with E-state index in [-0.39, 0.29) is 0 Å². The molecular formula is C14H25FN4. The zero-order chi connectivity index (χ0) is 13.0. The van der Waals surface area contributed by atoms with Gasteiger partial charge in [0.15, 0.2) is 0 Å². The molecule has 3 aliphatic heterocycles. The van der Waals surface area contributed by atoms with E-state index in [1.807, 2.05) is 5.01 Å². The number of hydrogen-bond donors (Lipinski definition) is 1. The number of nitrogens with zero attached hydrogens (tertiary/aromatic N) is 3. The maximum absolute atomic E-state index is 13.2. The molecule has 0 aromatic rings. The summed E-state index contributed by atoms with van der Waals surface area (Å²) in [6.07, 6.45) is 2.72. The first-order valence-electron chi connectivity index (χ1n) is 7.80. The summed E-state index contributed by atoms with van der Waals surface area (Å²) in [6, 6.07) is 0. The van der Waals surface area contributed by atoms with Crippen LogP contribution in [0, 0.1) is 29.6 Å². The Bertz CT molecular complexity index is 292. The Balaban J connectivity index is 1.28. The zero-order valence-electron chi connectivity index (χ0n) is 11.5. The third-order valence-corrected chi connectivity index (χ3v) is 5.91. The molecule has 0 aromatic heterocycles. The van der Waals surface area contributed by atoms with Gasteiger partial charge in [-0.1, -0.05) is 0 Å². The van der Waals surface area contributed by atoms with Crippen molar-refractivity contribution in [2.24, 2.45) is 35.4 Å². The quantitative estimate of drug-likeness (QED) is 0.586. The van der Waals surface area contributed by atoms with Crippen LogP contribution in [0.4, 0.5) is 4.48 Å². The van der Waals surface area contributed by atoms with Crippen LogP contribution in [0.2, 0.25) is 0 Å².